The van der Waals surface area contributed by atoms with Crippen LogP contribution >= 0.6 is 0 Å². The maximum absolute atomic E-state index is 11.1. The molecule has 1 unspecified atom stereocenters. The van der Waals surface area contributed by atoms with Gasteiger partial charge in [-0.15, -0.1) is 0 Å². The second-order valence-electron chi connectivity index (χ2n) is 5.16. The Morgan fingerprint density at radius 3 is 2.52 bits per heavy atom. The average molecular weight is 286 g/mol. The fourth-order valence-corrected chi connectivity index (χ4v) is 2.70. The van der Waals surface area contributed by atoms with Crippen LogP contribution < -0.4 is 0 Å². The molecule has 0 spiro atoms. The van der Waals surface area contributed by atoms with E-state index in [1.165, 1.54) is 12.1 Å². The van der Waals surface area contributed by atoms with E-state index in [9.17, 15) is 9.59 Å². The number of nitrogens with zero attached hydrogens (tertiary/aromatic N) is 2. The van der Waals surface area contributed by atoms with Gasteiger partial charge in [-0.25, -0.2) is 9.48 Å². The van der Waals surface area contributed by atoms with Crippen molar-refractivity contribution in [1.82, 2.24) is 9.78 Å². The van der Waals surface area contributed by atoms with Crippen LogP contribution in [0.2, 0.25) is 0 Å². The van der Waals surface area contributed by atoms with Crippen molar-refractivity contribution in [2.24, 2.45) is 5.92 Å². The van der Waals surface area contributed by atoms with E-state index < -0.39 is 11.9 Å². The highest BCUT2D eigenvalue weighted by atomic mass is 16.4. The smallest absolute Gasteiger partial charge is 0.335 e. The Hall–Kier alpha value is -2.63. The molecule has 2 aromatic rings. The second kappa shape index (κ2) is 5.05. The molecule has 0 fully saturated rings. The topological polar surface area (TPSA) is 92.4 Å². The lowest BCUT2D eigenvalue weighted by atomic mass is 9.88. The van der Waals surface area contributed by atoms with Gasteiger partial charge in [-0.2, -0.15) is 5.10 Å². The van der Waals surface area contributed by atoms with Gasteiger partial charge in [-0.1, -0.05) is 0 Å². The normalized spacial score (nSPS) is 17.2. The van der Waals surface area contributed by atoms with Crippen molar-refractivity contribution in [3.63, 3.8) is 0 Å². The number of aromatic carboxylic acids is 1. The zero-order valence-electron chi connectivity index (χ0n) is 11.2. The minimum absolute atomic E-state index is 0.228. The summed E-state index contributed by atoms with van der Waals surface area (Å²) < 4.78 is 1.76. The monoisotopic (exact) mass is 286 g/mol. The van der Waals surface area contributed by atoms with E-state index >= 15 is 0 Å². The lowest BCUT2D eigenvalue weighted by Crippen LogP contribution is -2.22. The molecule has 0 aliphatic heterocycles. The molecule has 21 heavy (non-hydrogen) atoms. The summed E-state index contributed by atoms with van der Waals surface area (Å²) >= 11 is 0. The van der Waals surface area contributed by atoms with Crippen LogP contribution in [-0.4, -0.2) is 31.9 Å². The highest BCUT2D eigenvalue weighted by Gasteiger charge is 2.27. The molecule has 1 heterocycles. The van der Waals surface area contributed by atoms with Gasteiger partial charge in [0.1, 0.15) is 0 Å². The molecule has 2 N–H and O–H groups in total. The van der Waals surface area contributed by atoms with Crippen LogP contribution in [0, 0.1) is 5.92 Å². The number of aliphatic carboxylic acids is 1. The van der Waals surface area contributed by atoms with Crippen molar-refractivity contribution in [3.8, 4) is 5.69 Å². The van der Waals surface area contributed by atoms with E-state index in [0.717, 1.165) is 16.9 Å². The van der Waals surface area contributed by atoms with Crippen molar-refractivity contribution in [2.75, 3.05) is 0 Å². The third kappa shape index (κ3) is 2.40. The minimum atomic E-state index is -0.964. The van der Waals surface area contributed by atoms with E-state index in [4.69, 9.17) is 10.2 Å². The number of carboxylic acids is 2. The quantitative estimate of drug-likeness (QED) is 0.897. The Balaban J connectivity index is 1.91. The standard InChI is InChI=1S/C15H14N2O4/c18-14(19)9-1-4-12(5-2-9)17-13-6-3-10(15(20)21)7-11(13)8-16-17/h1-2,4-5,8,10H,3,6-7H2,(H,18,19)(H,20,21). The SMILES string of the molecule is O=C(O)c1ccc(-n2ncc3c2CCC(C(=O)O)C3)cc1. The molecular formula is C15H14N2O4. The Kier molecular flexibility index (Phi) is 3.21. The number of carboxylic acid groups (broad SMARTS) is 2. The molecule has 6 heteroatoms. The third-order valence-corrected chi connectivity index (χ3v) is 3.86. The Morgan fingerprint density at radius 2 is 1.90 bits per heavy atom. The first-order valence-corrected chi connectivity index (χ1v) is 6.68. The summed E-state index contributed by atoms with van der Waals surface area (Å²) in [5.41, 5.74) is 2.98. The van der Waals surface area contributed by atoms with E-state index in [0.29, 0.717) is 19.3 Å². The molecule has 1 aromatic carbocycles. The Morgan fingerprint density at radius 1 is 1.19 bits per heavy atom. The fourth-order valence-electron chi connectivity index (χ4n) is 2.70. The average Bonchev–Trinajstić information content (AvgIpc) is 2.90. The molecule has 0 radical (unpaired) electrons. The van der Waals surface area contributed by atoms with Gasteiger partial charge in [-0.05, 0) is 49.1 Å². The summed E-state index contributed by atoms with van der Waals surface area (Å²) in [4.78, 5) is 21.9. The maximum atomic E-state index is 11.1. The number of rotatable bonds is 3. The highest BCUT2D eigenvalue weighted by Crippen LogP contribution is 2.27. The summed E-state index contributed by atoms with van der Waals surface area (Å²) in [6.07, 6.45) is 3.46. The van der Waals surface area contributed by atoms with Crippen LogP contribution in [0.3, 0.4) is 0 Å². The number of benzene rings is 1. The van der Waals surface area contributed by atoms with Crippen LogP contribution in [0.15, 0.2) is 30.5 Å². The number of fused-ring (bicyclic) bond motifs is 1. The van der Waals surface area contributed by atoms with Gasteiger partial charge >= 0.3 is 11.9 Å². The molecule has 0 bridgehead atoms. The molecule has 1 aromatic heterocycles. The molecule has 108 valence electrons. The van der Waals surface area contributed by atoms with E-state index in [2.05, 4.69) is 5.10 Å². The molecule has 6 nitrogen and oxygen atoms in total. The predicted molar refractivity (Wildman–Crippen MR) is 73.7 cm³/mol. The summed E-state index contributed by atoms with van der Waals surface area (Å²) in [7, 11) is 0. The molecule has 1 atom stereocenters. The second-order valence-corrected chi connectivity index (χ2v) is 5.16. The molecular weight excluding hydrogens is 272 g/mol. The van der Waals surface area contributed by atoms with Crippen LogP contribution in [-0.2, 0) is 17.6 Å². The van der Waals surface area contributed by atoms with Crippen LogP contribution in [0.4, 0.5) is 0 Å². The van der Waals surface area contributed by atoms with Crippen molar-refractivity contribution in [3.05, 3.63) is 47.3 Å². The Bertz CT molecular complexity index is 703. The fraction of sp³-hybridized carbons (Fsp3) is 0.267. The first-order chi connectivity index (χ1) is 10.1. The third-order valence-electron chi connectivity index (χ3n) is 3.86. The van der Waals surface area contributed by atoms with Gasteiger partial charge in [-0.3, -0.25) is 4.79 Å². The molecule has 0 saturated carbocycles. The summed E-state index contributed by atoms with van der Waals surface area (Å²) in [6.45, 7) is 0. The zero-order valence-corrected chi connectivity index (χ0v) is 11.2. The van der Waals surface area contributed by atoms with E-state index in [1.54, 1.807) is 23.0 Å². The lowest BCUT2D eigenvalue weighted by molar-refractivity contribution is -0.142. The van der Waals surface area contributed by atoms with Crippen molar-refractivity contribution < 1.29 is 19.8 Å². The molecule has 0 saturated heterocycles. The molecule has 1 aliphatic carbocycles. The number of aromatic nitrogens is 2. The Labute approximate surface area is 120 Å². The van der Waals surface area contributed by atoms with Gasteiger partial charge in [0.2, 0.25) is 0 Å². The van der Waals surface area contributed by atoms with Gasteiger partial charge in [0, 0.05) is 5.69 Å². The van der Waals surface area contributed by atoms with Gasteiger partial charge in [0.25, 0.3) is 0 Å². The van der Waals surface area contributed by atoms with Crippen molar-refractivity contribution >= 4 is 11.9 Å². The number of carbonyl (C=O) groups is 2. The van der Waals surface area contributed by atoms with Crippen LogP contribution in [0.25, 0.3) is 5.69 Å². The van der Waals surface area contributed by atoms with E-state index in [-0.39, 0.29) is 11.5 Å². The largest absolute Gasteiger partial charge is 0.481 e. The first-order valence-electron chi connectivity index (χ1n) is 6.68. The maximum Gasteiger partial charge on any atom is 0.335 e. The number of hydrogen-bond acceptors (Lipinski definition) is 3. The van der Waals surface area contributed by atoms with Gasteiger partial charge in [0.05, 0.1) is 23.4 Å². The first kappa shape index (κ1) is 13.4. The summed E-state index contributed by atoms with van der Waals surface area (Å²) in [5.74, 6) is -2.07. The van der Waals surface area contributed by atoms with Gasteiger partial charge in [0.15, 0.2) is 0 Å². The molecule has 1 aliphatic rings. The lowest BCUT2D eigenvalue weighted by Gasteiger charge is -2.19. The number of hydrogen-bond donors (Lipinski definition) is 2. The summed E-state index contributed by atoms with van der Waals surface area (Å²) in [6, 6.07) is 6.49. The van der Waals surface area contributed by atoms with Gasteiger partial charge < -0.3 is 10.2 Å². The zero-order chi connectivity index (χ0) is 15.0. The van der Waals surface area contributed by atoms with Crippen molar-refractivity contribution in [2.45, 2.75) is 19.3 Å². The predicted octanol–water partition coefficient (Wildman–Crippen LogP) is 1.76. The van der Waals surface area contributed by atoms with Crippen LogP contribution in [0.5, 0.6) is 0 Å². The molecule has 3 rings (SSSR count). The van der Waals surface area contributed by atoms with Crippen LogP contribution in [0.1, 0.15) is 28.0 Å². The summed E-state index contributed by atoms with van der Waals surface area (Å²) in [5, 5.41) is 22.3. The minimum Gasteiger partial charge on any atom is -0.481 e. The van der Waals surface area contributed by atoms with Crippen molar-refractivity contribution in [1.29, 1.82) is 0 Å². The highest BCUT2D eigenvalue weighted by molar-refractivity contribution is 5.87. The molecule has 0 amide bonds. The van der Waals surface area contributed by atoms with E-state index in [1.807, 2.05) is 0 Å².